The van der Waals surface area contributed by atoms with Crippen molar-refractivity contribution in [2.75, 3.05) is 0 Å². The Morgan fingerprint density at radius 3 is 2.85 bits per heavy atom. The van der Waals surface area contributed by atoms with Crippen LogP contribution < -0.4 is 0 Å². The maximum Gasteiger partial charge on any atom is 0.0617 e. The minimum absolute atomic E-state index is 0.502. The quantitative estimate of drug-likeness (QED) is 0.473. The minimum Gasteiger partial charge on any atom is -0.411 e. The smallest absolute Gasteiger partial charge is 0.0617 e. The van der Waals surface area contributed by atoms with Gasteiger partial charge in [0.15, 0.2) is 0 Å². The number of hydrogen-bond acceptors (Lipinski definition) is 2. The number of hydrogen-bond donors (Lipinski definition) is 1. The molecule has 13 heavy (non-hydrogen) atoms. The molecule has 2 nitrogen and oxygen atoms in total. The summed E-state index contributed by atoms with van der Waals surface area (Å²) in [5.41, 5.74) is 3.90. The Hall–Kier alpha value is -1.31. The molecule has 2 atom stereocenters. The standard InChI is InChI=1S/C11H11NO/c13-12-11-6-9-8-4-2-1-3-7(8)5-10(9)11/h1-4,9-10,13H,5-6H2/b12-11+. The fourth-order valence-electron chi connectivity index (χ4n) is 2.61. The third kappa shape index (κ3) is 0.804. The Balaban J connectivity index is 2.02. The Labute approximate surface area is 76.9 Å². The molecule has 0 heterocycles. The van der Waals surface area contributed by atoms with Gasteiger partial charge in [-0.05, 0) is 29.9 Å². The van der Waals surface area contributed by atoms with Crippen molar-refractivity contribution in [1.82, 2.24) is 0 Å². The lowest BCUT2D eigenvalue weighted by Crippen LogP contribution is -2.32. The lowest BCUT2D eigenvalue weighted by atomic mass is 9.72. The largest absolute Gasteiger partial charge is 0.411 e. The summed E-state index contributed by atoms with van der Waals surface area (Å²) < 4.78 is 0. The van der Waals surface area contributed by atoms with Crippen molar-refractivity contribution in [3.63, 3.8) is 0 Å². The van der Waals surface area contributed by atoms with Crippen molar-refractivity contribution >= 4 is 5.71 Å². The second-order valence-electron chi connectivity index (χ2n) is 3.91. The van der Waals surface area contributed by atoms with Gasteiger partial charge in [-0.1, -0.05) is 29.4 Å². The summed E-state index contributed by atoms with van der Waals surface area (Å²) in [4.78, 5) is 0. The van der Waals surface area contributed by atoms with Crippen LogP contribution in [0.4, 0.5) is 0 Å². The molecule has 0 radical (unpaired) electrons. The molecule has 1 N–H and O–H groups in total. The molecule has 2 unspecified atom stereocenters. The minimum atomic E-state index is 0.502. The van der Waals surface area contributed by atoms with Crippen LogP contribution in [0.3, 0.4) is 0 Å². The number of nitrogens with zero attached hydrogens (tertiary/aromatic N) is 1. The molecule has 2 aliphatic carbocycles. The molecule has 0 aliphatic heterocycles. The fraction of sp³-hybridized carbons (Fsp3) is 0.364. The Morgan fingerprint density at radius 1 is 1.15 bits per heavy atom. The zero-order valence-electron chi connectivity index (χ0n) is 7.27. The van der Waals surface area contributed by atoms with Gasteiger partial charge in [-0.3, -0.25) is 0 Å². The summed E-state index contributed by atoms with van der Waals surface area (Å²) >= 11 is 0. The van der Waals surface area contributed by atoms with E-state index in [1.165, 1.54) is 11.1 Å². The SMILES string of the molecule is O/N=C1\CC2c3ccccc3CC12. The van der Waals surface area contributed by atoms with Crippen molar-refractivity contribution in [2.24, 2.45) is 11.1 Å². The molecule has 0 spiro atoms. The molecule has 3 rings (SSSR count). The van der Waals surface area contributed by atoms with Crippen molar-refractivity contribution in [2.45, 2.75) is 18.8 Å². The molecule has 0 saturated heterocycles. The van der Waals surface area contributed by atoms with Crippen LogP contribution in [0.2, 0.25) is 0 Å². The summed E-state index contributed by atoms with van der Waals surface area (Å²) in [5.74, 6) is 1.14. The first-order valence-corrected chi connectivity index (χ1v) is 4.69. The highest BCUT2D eigenvalue weighted by Gasteiger charge is 2.44. The van der Waals surface area contributed by atoms with Crippen molar-refractivity contribution < 1.29 is 5.21 Å². The van der Waals surface area contributed by atoms with Crippen LogP contribution >= 0.6 is 0 Å². The van der Waals surface area contributed by atoms with Crippen LogP contribution in [0.1, 0.15) is 23.5 Å². The summed E-state index contributed by atoms with van der Waals surface area (Å²) in [6.45, 7) is 0. The van der Waals surface area contributed by atoms with Gasteiger partial charge in [0.25, 0.3) is 0 Å². The van der Waals surface area contributed by atoms with Crippen LogP contribution in [0.5, 0.6) is 0 Å². The summed E-state index contributed by atoms with van der Waals surface area (Å²) in [6.07, 6.45) is 2.03. The highest BCUT2D eigenvalue weighted by molar-refractivity contribution is 5.95. The van der Waals surface area contributed by atoms with E-state index >= 15 is 0 Å². The number of rotatable bonds is 0. The number of oxime groups is 1. The maximum absolute atomic E-state index is 8.70. The van der Waals surface area contributed by atoms with Crippen LogP contribution in [-0.4, -0.2) is 10.9 Å². The molecule has 66 valence electrons. The van der Waals surface area contributed by atoms with Crippen LogP contribution in [0.15, 0.2) is 29.4 Å². The van der Waals surface area contributed by atoms with E-state index in [1.807, 2.05) is 0 Å². The molecule has 1 aromatic rings. The van der Waals surface area contributed by atoms with Gasteiger partial charge in [-0.15, -0.1) is 0 Å². The molecule has 1 aromatic carbocycles. The van der Waals surface area contributed by atoms with E-state index in [2.05, 4.69) is 29.4 Å². The van der Waals surface area contributed by atoms with Crippen LogP contribution in [0.25, 0.3) is 0 Å². The first-order valence-electron chi connectivity index (χ1n) is 4.69. The third-order valence-corrected chi connectivity index (χ3v) is 3.37. The van der Waals surface area contributed by atoms with Crippen molar-refractivity contribution in [3.05, 3.63) is 35.4 Å². The molecule has 0 bridgehead atoms. The van der Waals surface area contributed by atoms with Gasteiger partial charge < -0.3 is 5.21 Å². The van der Waals surface area contributed by atoms with E-state index in [9.17, 15) is 0 Å². The van der Waals surface area contributed by atoms with Gasteiger partial charge in [0.1, 0.15) is 0 Å². The molecule has 1 fully saturated rings. The fourth-order valence-corrected chi connectivity index (χ4v) is 2.61. The number of benzene rings is 1. The van der Waals surface area contributed by atoms with Gasteiger partial charge in [0, 0.05) is 5.92 Å². The van der Waals surface area contributed by atoms with E-state index in [0.717, 1.165) is 18.6 Å². The second kappa shape index (κ2) is 2.34. The molecule has 0 aromatic heterocycles. The average molecular weight is 173 g/mol. The predicted octanol–water partition coefficient (Wildman–Crippen LogP) is 2.18. The predicted molar refractivity (Wildman–Crippen MR) is 50.2 cm³/mol. The van der Waals surface area contributed by atoms with E-state index in [1.54, 1.807) is 0 Å². The zero-order valence-corrected chi connectivity index (χ0v) is 7.27. The normalized spacial score (nSPS) is 32.5. The van der Waals surface area contributed by atoms with Gasteiger partial charge in [-0.25, -0.2) is 0 Å². The van der Waals surface area contributed by atoms with E-state index in [0.29, 0.717) is 11.8 Å². The summed E-state index contributed by atoms with van der Waals surface area (Å²) in [5, 5.41) is 12.0. The van der Waals surface area contributed by atoms with Crippen LogP contribution in [0, 0.1) is 5.92 Å². The van der Waals surface area contributed by atoms with E-state index in [4.69, 9.17) is 5.21 Å². The highest BCUT2D eigenvalue weighted by atomic mass is 16.4. The molecule has 0 amide bonds. The summed E-state index contributed by atoms with van der Waals surface area (Å²) in [7, 11) is 0. The Kier molecular flexibility index (Phi) is 1.29. The highest BCUT2D eigenvalue weighted by Crippen LogP contribution is 2.49. The first kappa shape index (κ1) is 7.13. The molecular formula is C11H11NO. The monoisotopic (exact) mass is 173 g/mol. The Morgan fingerprint density at radius 2 is 2.00 bits per heavy atom. The second-order valence-corrected chi connectivity index (χ2v) is 3.91. The topological polar surface area (TPSA) is 32.6 Å². The third-order valence-electron chi connectivity index (χ3n) is 3.37. The molecule has 1 saturated carbocycles. The average Bonchev–Trinajstić information content (AvgIpc) is 2.41. The lowest BCUT2D eigenvalue weighted by molar-refractivity contribution is 0.302. The maximum atomic E-state index is 8.70. The molecular weight excluding hydrogens is 162 g/mol. The Bertz CT molecular complexity index is 383. The van der Waals surface area contributed by atoms with Gasteiger partial charge in [0.2, 0.25) is 0 Å². The van der Waals surface area contributed by atoms with Gasteiger partial charge in [0.05, 0.1) is 5.71 Å². The van der Waals surface area contributed by atoms with Gasteiger partial charge in [-0.2, -0.15) is 0 Å². The molecule has 2 aliphatic rings. The first-order chi connectivity index (χ1) is 6.40. The summed E-state index contributed by atoms with van der Waals surface area (Å²) in [6, 6.07) is 8.56. The van der Waals surface area contributed by atoms with E-state index in [-0.39, 0.29) is 0 Å². The van der Waals surface area contributed by atoms with Crippen molar-refractivity contribution in [1.29, 1.82) is 0 Å². The number of fused-ring (bicyclic) bond motifs is 3. The van der Waals surface area contributed by atoms with Crippen molar-refractivity contribution in [3.8, 4) is 0 Å². The molecule has 2 heteroatoms. The van der Waals surface area contributed by atoms with Gasteiger partial charge >= 0.3 is 0 Å². The van der Waals surface area contributed by atoms with E-state index < -0.39 is 0 Å². The van der Waals surface area contributed by atoms with Crippen LogP contribution in [-0.2, 0) is 6.42 Å². The zero-order chi connectivity index (χ0) is 8.84. The lowest BCUT2D eigenvalue weighted by Gasteiger charge is -2.31.